The molecule has 0 heterocycles. The third kappa shape index (κ3) is 15.9. The van der Waals surface area contributed by atoms with Gasteiger partial charge in [-0.05, 0) is 11.8 Å². The van der Waals surface area contributed by atoms with E-state index in [0.29, 0.717) is 0 Å². The van der Waals surface area contributed by atoms with Crippen LogP contribution in [-0.4, -0.2) is 17.5 Å². The van der Waals surface area contributed by atoms with Gasteiger partial charge in [0.25, 0.3) is 0 Å². The molecular formula is C12H24O4S-2. The zero-order valence-electron chi connectivity index (χ0n) is 10.9. The topological polar surface area (TPSA) is 80.3 Å². The van der Waals surface area contributed by atoms with Crippen LogP contribution in [0.1, 0.15) is 65.2 Å². The van der Waals surface area contributed by atoms with Crippen molar-refractivity contribution in [3.8, 4) is 0 Å². The van der Waals surface area contributed by atoms with Crippen LogP contribution in [0.25, 0.3) is 0 Å². The van der Waals surface area contributed by atoms with E-state index in [4.69, 9.17) is 17.5 Å². The van der Waals surface area contributed by atoms with Crippen LogP contribution in [-0.2, 0) is 10.4 Å². The second-order valence-electron chi connectivity index (χ2n) is 4.85. The highest BCUT2D eigenvalue weighted by Gasteiger charge is 2.21. The quantitative estimate of drug-likeness (QED) is 0.523. The molecule has 4 nitrogen and oxygen atoms in total. The molecule has 0 aromatic carbocycles. The number of rotatable bonds is 7. The molecule has 104 valence electrons. The van der Waals surface area contributed by atoms with Crippen LogP contribution in [0.5, 0.6) is 0 Å². The van der Waals surface area contributed by atoms with Gasteiger partial charge in [0.15, 0.2) is 0 Å². The van der Waals surface area contributed by atoms with Crippen molar-refractivity contribution in [2.24, 2.45) is 11.8 Å². The normalized spacial score (nSPS) is 17.2. The van der Waals surface area contributed by atoms with Crippen LogP contribution in [0, 0.1) is 11.8 Å². The Morgan fingerprint density at radius 3 is 2.06 bits per heavy atom. The molecule has 1 aliphatic carbocycles. The van der Waals surface area contributed by atoms with Gasteiger partial charge in [-0.15, -0.1) is 0 Å². The van der Waals surface area contributed by atoms with Gasteiger partial charge in [-0.1, -0.05) is 65.2 Å². The van der Waals surface area contributed by atoms with Crippen LogP contribution in [0.2, 0.25) is 0 Å². The molecule has 1 atom stereocenters. The summed E-state index contributed by atoms with van der Waals surface area (Å²) in [5.74, 6) is 2.19. The number of hydrogen-bond donors (Lipinski definition) is 0. The highest BCUT2D eigenvalue weighted by molar-refractivity contribution is 7.79. The van der Waals surface area contributed by atoms with E-state index < -0.39 is 10.4 Å². The number of hydrogen-bond acceptors (Lipinski definition) is 4. The predicted octanol–water partition coefficient (Wildman–Crippen LogP) is 3.06. The van der Waals surface area contributed by atoms with Crippen LogP contribution < -0.4 is 0 Å². The third-order valence-electron chi connectivity index (χ3n) is 3.22. The van der Waals surface area contributed by atoms with E-state index in [1.54, 1.807) is 0 Å². The van der Waals surface area contributed by atoms with E-state index in [1.807, 2.05) is 0 Å². The molecule has 17 heavy (non-hydrogen) atoms. The van der Waals surface area contributed by atoms with Crippen LogP contribution in [0.4, 0.5) is 0 Å². The Morgan fingerprint density at radius 2 is 1.71 bits per heavy atom. The van der Waals surface area contributed by atoms with Crippen molar-refractivity contribution in [3.63, 3.8) is 0 Å². The van der Waals surface area contributed by atoms with Crippen molar-refractivity contribution < 1.29 is 17.5 Å². The minimum absolute atomic E-state index is 1.05. The molecule has 1 saturated carbocycles. The molecule has 0 bridgehead atoms. The van der Waals surface area contributed by atoms with E-state index >= 15 is 0 Å². The smallest absolute Gasteiger partial charge is 0.0311 e. The lowest BCUT2D eigenvalue weighted by Gasteiger charge is -2.13. The van der Waals surface area contributed by atoms with Crippen LogP contribution in [0.15, 0.2) is 0 Å². The summed E-state index contributed by atoms with van der Waals surface area (Å²) in [6, 6.07) is 0. The maximum atomic E-state index is 8.52. The lowest BCUT2D eigenvalue weighted by atomic mass is 9.93. The third-order valence-corrected chi connectivity index (χ3v) is 3.22. The summed E-state index contributed by atoms with van der Waals surface area (Å²) in [5, 5.41) is 0. The highest BCUT2D eigenvalue weighted by atomic mass is 32.3. The first-order valence-corrected chi connectivity index (χ1v) is 7.86. The lowest BCUT2D eigenvalue weighted by molar-refractivity contribution is 0.352. The van der Waals surface area contributed by atoms with Gasteiger partial charge in [0, 0.05) is 10.4 Å². The molecule has 0 N–H and O–H groups in total. The largest absolute Gasteiger partial charge is 0.759 e. The first-order valence-electron chi connectivity index (χ1n) is 6.53. The van der Waals surface area contributed by atoms with Crippen molar-refractivity contribution in [1.29, 1.82) is 0 Å². The molecule has 0 radical (unpaired) electrons. The van der Waals surface area contributed by atoms with E-state index in [1.165, 1.54) is 51.4 Å². The zero-order chi connectivity index (χ0) is 13.3. The van der Waals surface area contributed by atoms with E-state index in [0.717, 1.165) is 11.8 Å². The van der Waals surface area contributed by atoms with Crippen molar-refractivity contribution in [1.82, 2.24) is 0 Å². The van der Waals surface area contributed by atoms with Crippen molar-refractivity contribution in [3.05, 3.63) is 0 Å². The van der Waals surface area contributed by atoms with Crippen LogP contribution in [0.3, 0.4) is 0 Å². The lowest BCUT2D eigenvalue weighted by Crippen LogP contribution is -1.99. The fraction of sp³-hybridized carbons (Fsp3) is 1.00. The second-order valence-corrected chi connectivity index (χ2v) is 5.66. The number of unbranched alkanes of at least 4 members (excludes halogenated alkanes) is 1. The molecule has 0 aromatic heterocycles. The summed E-state index contributed by atoms with van der Waals surface area (Å²) >= 11 is 0. The first-order chi connectivity index (χ1) is 7.86. The van der Waals surface area contributed by atoms with Gasteiger partial charge in [-0.3, -0.25) is 8.42 Å². The molecule has 1 rings (SSSR count). The molecule has 0 saturated heterocycles. The van der Waals surface area contributed by atoms with Gasteiger partial charge in [-0.25, -0.2) is 0 Å². The Hall–Kier alpha value is -0.130. The molecule has 5 heteroatoms. The van der Waals surface area contributed by atoms with Gasteiger partial charge >= 0.3 is 0 Å². The first kappa shape index (κ1) is 16.9. The fourth-order valence-electron chi connectivity index (χ4n) is 1.92. The minimum atomic E-state index is -5.17. The van der Waals surface area contributed by atoms with E-state index in [-0.39, 0.29) is 0 Å². The Labute approximate surface area is 105 Å². The van der Waals surface area contributed by atoms with Crippen molar-refractivity contribution >= 4 is 10.4 Å². The molecule has 0 spiro atoms. The summed E-state index contributed by atoms with van der Waals surface area (Å²) in [4.78, 5) is 0. The van der Waals surface area contributed by atoms with Gasteiger partial charge in [0.2, 0.25) is 0 Å². The summed E-state index contributed by atoms with van der Waals surface area (Å²) in [7, 11) is -5.17. The molecule has 1 unspecified atom stereocenters. The summed E-state index contributed by atoms with van der Waals surface area (Å²) in [6.45, 7) is 4.65. The van der Waals surface area contributed by atoms with Gasteiger partial charge in [-0.2, -0.15) is 0 Å². The van der Waals surface area contributed by atoms with Crippen LogP contribution >= 0.6 is 0 Å². The average molecular weight is 264 g/mol. The summed E-state index contributed by atoms with van der Waals surface area (Å²) in [5.41, 5.74) is 0. The van der Waals surface area contributed by atoms with Gasteiger partial charge in [0.05, 0.1) is 0 Å². The molecule has 1 aliphatic rings. The standard InChI is InChI=1S/C12H24.H2O4S/c1-3-5-6-11(4-2)7-8-12-9-10-12;1-5(2,3)4/h11-12H,3-10H2,1-2H3;(H2,1,2,3,4)/p-2. The Kier molecular flexibility index (Phi) is 8.82. The van der Waals surface area contributed by atoms with Gasteiger partial charge < -0.3 is 9.11 Å². The average Bonchev–Trinajstić information content (AvgIpc) is 2.99. The Balaban J connectivity index is 0.000000437. The minimum Gasteiger partial charge on any atom is -0.759 e. The maximum Gasteiger partial charge on any atom is 0.0311 e. The maximum absolute atomic E-state index is 8.52. The Bertz CT molecular complexity index is 262. The molecule has 1 fully saturated rings. The van der Waals surface area contributed by atoms with Crippen molar-refractivity contribution in [2.75, 3.05) is 0 Å². The predicted molar refractivity (Wildman–Crippen MR) is 65.7 cm³/mol. The summed E-state index contributed by atoms with van der Waals surface area (Å²) in [6.07, 6.45) is 11.8. The summed E-state index contributed by atoms with van der Waals surface area (Å²) < 4.78 is 34.1. The fourth-order valence-corrected chi connectivity index (χ4v) is 1.92. The Morgan fingerprint density at radius 1 is 1.18 bits per heavy atom. The molecule has 0 aromatic rings. The van der Waals surface area contributed by atoms with Gasteiger partial charge in [0.1, 0.15) is 0 Å². The monoisotopic (exact) mass is 264 g/mol. The van der Waals surface area contributed by atoms with E-state index in [2.05, 4.69) is 13.8 Å². The van der Waals surface area contributed by atoms with E-state index in [9.17, 15) is 0 Å². The zero-order valence-corrected chi connectivity index (χ0v) is 11.7. The molecule has 0 amide bonds. The second kappa shape index (κ2) is 8.89. The molecule has 0 aliphatic heterocycles. The van der Waals surface area contributed by atoms with Crippen molar-refractivity contribution in [2.45, 2.75) is 65.2 Å². The highest BCUT2D eigenvalue weighted by Crippen LogP contribution is 2.35. The molecular weight excluding hydrogens is 240 g/mol. The SMILES string of the molecule is CCCCC(CC)CCC1CC1.O=S(=O)([O-])[O-].